The van der Waals surface area contributed by atoms with Crippen LogP contribution in [0.25, 0.3) is 10.9 Å². The van der Waals surface area contributed by atoms with Crippen LogP contribution >= 0.6 is 0 Å². The van der Waals surface area contributed by atoms with Gasteiger partial charge < -0.3 is 16.0 Å². The number of carbonyl (C=O) groups is 2. The lowest BCUT2D eigenvalue weighted by Gasteiger charge is -2.37. The highest BCUT2D eigenvalue weighted by Gasteiger charge is 2.31. The van der Waals surface area contributed by atoms with Gasteiger partial charge in [-0.15, -0.1) is 0 Å². The van der Waals surface area contributed by atoms with Crippen LogP contribution in [-0.2, 0) is 11.3 Å². The third kappa shape index (κ3) is 5.17. The van der Waals surface area contributed by atoms with Crippen LogP contribution in [0.3, 0.4) is 0 Å². The molecule has 0 spiro atoms. The van der Waals surface area contributed by atoms with E-state index >= 15 is 0 Å². The Kier molecular flexibility index (Phi) is 7.07. The number of anilines is 1. The number of carbonyl (C=O) groups excluding carboxylic acids is 2. The number of piperazine rings is 1. The third-order valence-corrected chi connectivity index (χ3v) is 6.34. The van der Waals surface area contributed by atoms with Crippen molar-refractivity contribution < 1.29 is 9.59 Å². The molecular weight excluding hydrogens is 428 g/mol. The molecule has 8 nitrogen and oxygen atoms in total. The summed E-state index contributed by atoms with van der Waals surface area (Å²) < 4.78 is 0. The van der Waals surface area contributed by atoms with Crippen molar-refractivity contribution in [3.63, 3.8) is 0 Å². The summed E-state index contributed by atoms with van der Waals surface area (Å²) in [6, 6.07) is 14.6. The summed E-state index contributed by atoms with van der Waals surface area (Å²) in [4.78, 5) is 39.3. The van der Waals surface area contributed by atoms with E-state index in [0.29, 0.717) is 49.9 Å². The van der Waals surface area contributed by atoms with Gasteiger partial charge in [-0.05, 0) is 36.6 Å². The van der Waals surface area contributed by atoms with E-state index < -0.39 is 6.04 Å². The first-order chi connectivity index (χ1) is 16.3. The lowest BCUT2D eigenvalue weighted by atomic mass is 10.0. The Hall–Kier alpha value is -3.52. The van der Waals surface area contributed by atoms with Crippen molar-refractivity contribution in [1.29, 1.82) is 0 Å². The molecular formula is C26H32N6O2. The number of nitrogen functional groups attached to an aromatic ring is 1. The molecule has 1 aliphatic rings. The summed E-state index contributed by atoms with van der Waals surface area (Å²) in [7, 11) is 0. The second kappa shape index (κ2) is 10.2. The predicted octanol–water partition coefficient (Wildman–Crippen LogP) is 2.62. The second-order valence-corrected chi connectivity index (χ2v) is 9.15. The van der Waals surface area contributed by atoms with Crippen LogP contribution in [-0.4, -0.2) is 63.8 Å². The molecule has 2 aromatic carbocycles. The monoisotopic (exact) mass is 460 g/mol. The molecule has 178 valence electrons. The molecule has 0 saturated carbocycles. The Balaban J connectivity index is 1.37. The summed E-state index contributed by atoms with van der Waals surface area (Å²) in [5.74, 6) is 0.894. The lowest BCUT2D eigenvalue weighted by Crippen LogP contribution is -2.56. The molecule has 3 aromatic rings. The fourth-order valence-corrected chi connectivity index (χ4v) is 4.31. The molecule has 0 radical (unpaired) electrons. The maximum Gasteiger partial charge on any atom is 0.252 e. The van der Waals surface area contributed by atoms with Crippen LogP contribution in [0.1, 0.15) is 35.6 Å². The average Bonchev–Trinajstić information content (AvgIpc) is 2.82. The largest absolute Gasteiger partial charge is 0.383 e. The molecule has 1 aromatic heterocycles. The maximum atomic E-state index is 13.3. The standard InChI is InChI=1S/C26H32N6O2/c1-17(2)23(30-25(33)19-9-5-4-8-18(19)3)26(34)32-14-12-31(13-15-32)16-22-28-21-11-7-6-10-20(21)24(27)29-22/h4-11,17,23H,12-16H2,1-3H3,(H,30,33)(H2,27,28,29)/t23-/m1/s1. The molecule has 2 amide bonds. The Morgan fingerprint density at radius 3 is 2.38 bits per heavy atom. The van der Waals surface area contributed by atoms with Crippen molar-refractivity contribution in [2.45, 2.75) is 33.4 Å². The number of hydrogen-bond acceptors (Lipinski definition) is 6. The first-order valence-electron chi connectivity index (χ1n) is 11.7. The van der Waals surface area contributed by atoms with Gasteiger partial charge in [-0.25, -0.2) is 9.97 Å². The van der Waals surface area contributed by atoms with E-state index in [1.165, 1.54) is 0 Å². The number of hydrogen-bond donors (Lipinski definition) is 2. The van der Waals surface area contributed by atoms with Crippen LogP contribution in [0.15, 0.2) is 48.5 Å². The van der Waals surface area contributed by atoms with E-state index in [4.69, 9.17) is 5.73 Å². The van der Waals surface area contributed by atoms with Gasteiger partial charge in [0.05, 0.1) is 12.1 Å². The summed E-state index contributed by atoms with van der Waals surface area (Å²) in [6.45, 7) is 8.98. The van der Waals surface area contributed by atoms with E-state index in [1.807, 2.05) is 68.1 Å². The molecule has 0 aliphatic carbocycles. The van der Waals surface area contributed by atoms with Gasteiger partial charge in [0.1, 0.15) is 17.7 Å². The van der Waals surface area contributed by atoms with Crippen molar-refractivity contribution in [1.82, 2.24) is 25.1 Å². The summed E-state index contributed by atoms with van der Waals surface area (Å²) in [5, 5.41) is 3.82. The number of nitrogens with two attached hydrogens (primary N) is 1. The minimum absolute atomic E-state index is 0.0209. The van der Waals surface area contributed by atoms with Gasteiger partial charge in [-0.2, -0.15) is 0 Å². The molecule has 1 fully saturated rings. The quantitative estimate of drug-likeness (QED) is 0.586. The Morgan fingerprint density at radius 1 is 1.00 bits per heavy atom. The second-order valence-electron chi connectivity index (χ2n) is 9.15. The molecule has 0 unspecified atom stereocenters. The van der Waals surface area contributed by atoms with E-state index in [-0.39, 0.29) is 17.7 Å². The normalized spacial score (nSPS) is 15.5. The van der Waals surface area contributed by atoms with Gasteiger partial charge in [-0.1, -0.05) is 44.2 Å². The third-order valence-electron chi connectivity index (χ3n) is 6.34. The summed E-state index contributed by atoms with van der Waals surface area (Å²) in [5.41, 5.74) is 8.44. The number of benzene rings is 2. The van der Waals surface area contributed by atoms with E-state index in [0.717, 1.165) is 16.5 Å². The zero-order valence-corrected chi connectivity index (χ0v) is 20.0. The van der Waals surface area contributed by atoms with Crippen molar-refractivity contribution in [2.24, 2.45) is 5.92 Å². The van der Waals surface area contributed by atoms with Crippen molar-refractivity contribution in [3.8, 4) is 0 Å². The van der Waals surface area contributed by atoms with Gasteiger partial charge in [0.15, 0.2) is 0 Å². The number of aromatic nitrogens is 2. The van der Waals surface area contributed by atoms with Gasteiger partial charge >= 0.3 is 0 Å². The highest BCUT2D eigenvalue weighted by Crippen LogP contribution is 2.18. The molecule has 1 aliphatic heterocycles. The lowest BCUT2D eigenvalue weighted by molar-refractivity contribution is -0.136. The Morgan fingerprint density at radius 2 is 1.68 bits per heavy atom. The SMILES string of the molecule is Cc1ccccc1C(=O)N[C@@H](C(=O)N1CCN(Cc2nc(N)c3ccccc3n2)CC1)C(C)C. The topological polar surface area (TPSA) is 104 Å². The van der Waals surface area contributed by atoms with Crippen LogP contribution in [0, 0.1) is 12.8 Å². The van der Waals surface area contributed by atoms with Crippen molar-refractivity contribution in [2.75, 3.05) is 31.9 Å². The smallest absolute Gasteiger partial charge is 0.252 e. The van der Waals surface area contributed by atoms with Gasteiger partial charge in [0.2, 0.25) is 5.91 Å². The van der Waals surface area contributed by atoms with Crippen LogP contribution < -0.4 is 11.1 Å². The van der Waals surface area contributed by atoms with Crippen molar-refractivity contribution >= 4 is 28.5 Å². The van der Waals surface area contributed by atoms with E-state index in [2.05, 4.69) is 20.2 Å². The minimum atomic E-state index is -0.567. The molecule has 0 bridgehead atoms. The number of fused-ring (bicyclic) bond motifs is 1. The molecule has 1 atom stereocenters. The Bertz CT molecular complexity index is 1190. The fraction of sp³-hybridized carbons (Fsp3) is 0.385. The van der Waals surface area contributed by atoms with Crippen LogP contribution in [0.5, 0.6) is 0 Å². The minimum Gasteiger partial charge on any atom is -0.383 e. The van der Waals surface area contributed by atoms with Crippen LogP contribution in [0.2, 0.25) is 0 Å². The summed E-state index contributed by atoms with van der Waals surface area (Å²) in [6.07, 6.45) is 0. The molecule has 3 N–H and O–H groups in total. The first-order valence-corrected chi connectivity index (χ1v) is 11.7. The Labute approximate surface area is 200 Å². The predicted molar refractivity (Wildman–Crippen MR) is 133 cm³/mol. The van der Waals surface area contributed by atoms with E-state index in [9.17, 15) is 9.59 Å². The molecule has 34 heavy (non-hydrogen) atoms. The van der Waals surface area contributed by atoms with Gasteiger partial charge in [-0.3, -0.25) is 14.5 Å². The van der Waals surface area contributed by atoms with Crippen LogP contribution in [0.4, 0.5) is 5.82 Å². The van der Waals surface area contributed by atoms with Gasteiger partial charge in [0, 0.05) is 37.1 Å². The number of nitrogens with zero attached hydrogens (tertiary/aromatic N) is 4. The highest BCUT2D eigenvalue weighted by atomic mass is 16.2. The van der Waals surface area contributed by atoms with E-state index in [1.54, 1.807) is 6.07 Å². The average molecular weight is 461 g/mol. The number of rotatable bonds is 6. The van der Waals surface area contributed by atoms with Crippen molar-refractivity contribution in [3.05, 3.63) is 65.5 Å². The molecule has 8 heteroatoms. The number of para-hydroxylation sites is 1. The first kappa shape index (κ1) is 23.6. The van der Waals surface area contributed by atoms with Gasteiger partial charge in [0.25, 0.3) is 5.91 Å². The zero-order valence-electron chi connectivity index (χ0n) is 20.0. The number of amides is 2. The number of nitrogens with one attached hydrogen (secondary N) is 1. The maximum absolute atomic E-state index is 13.3. The fourth-order valence-electron chi connectivity index (χ4n) is 4.31. The molecule has 2 heterocycles. The number of aryl methyl sites for hydroxylation is 1. The highest BCUT2D eigenvalue weighted by molar-refractivity contribution is 5.98. The summed E-state index contributed by atoms with van der Waals surface area (Å²) >= 11 is 0. The molecule has 4 rings (SSSR count). The molecule has 1 saturated heterocycles. The zero-order chi connectivity index (χ0) is 24.2.